The highest BCUT2D eigenvalue weighted by atomic mass is 79.9. The number of rotatable bonds is 4. The molecule has 0 saturated carbocycles. The summed E-state index contributed by atoms with van der Waals surface area (Å²) in [6, 6.07) is 8.29. The maximum Gasteiger partial charge on any atom is 0.237 e. The Kier molecular flexibility index (Phi) is 5.22. The summed E-state index contributed by atoms with van der Waals surface area (Å²) < 4.78 is 1.08. The molecule has 4 heteroatoms. The molecule has 0 aromatic heterocycles. The van der Waals surface area contributed by atoms with Crippen LogP contribution in [0.2, 0.25) is 0 Å². The number of hydrogen-bond donors (Lipinski definition) is 2. The van der Waals surface area contributed by atoms with Crippen LogP contribution in [0.1, 0.15) is 38.7 Å². The van der Waals surface area contributed by atoms with E-state index in [1.54, 1.807) is 0 Å². The highest BCUT2D eigenvalue weighted by molar-refractivity contribution is 9.10. The Labute approximate surface area is 129 Å². The molecule has 110 valence electrons. The standard InChI is InChI=1S/C16H23BrN2O/c1-16(2,12-6-8-13(17)9-7-12)11-19-15(20)14-5-3-4-10-18-14/h6-9,14,18H,3-5,10-11H2,1-2H3,(H,19,20). The second-order valence-electron chi connectivity index (χ2n) is 6.11. The van der Waals surface area contributed by atoms with Gasteiger partial charge in [0.05, 0.1) is 6.04 Å². The smallest absolute Gasteiger partial charge is 0.237 e. The van der Waals surface area contributed by atoms with E-state index in [0.717, 1.165) is 23.9 Å². The second-order valence-corrected chi connectivity index (χ2v) is 7.03. The molecule has 1 amide bonds. The second kappa shape index (κ2) is 6.72. The molecule has 0 radical (unpaired) electrons. The van der Waals surface area contributed by atoms with Crippen LogP contribution < -0.4 is 10.6 Å². The van der Waals surface area contributed by atoms with Gasteiger partial charge >= 0.3 is 0 Å². The summed E-state index contributed by atoms with van der Waals surface area (Å²) in [4.78, 5) is 12.1. The lowest BCUT2D eigenvalue weighted by Gasteiger charge is -2.28. The van der Waals surface area contributed by atoms with Crippen molar-refractivity contribution in [3.05, 3.63) is 34.3 Å². The average molecular weight is 339 g/mol. The zero-order valence-corrected chi connectivity index (χ0v) is 13.8. The lowest BCUT2D eigenvalue weighted by Crippen LogP contribution is -2.49. The van der Waals surface area contributed by atoms with Gasteiger partial charge < -0.3 is 10.6 Å². The number of nitrogens with one attached hydrogen (secondary N) is 2. The Morgan fingerprint density at radius 2 is 2.05 bits per heavy atom. The average Bonchev–Trinajstić information content (AvgIpc) is 2.46. The molecule has 20 heavy (non-hydrogen) atoms. The van der Waals surface area contributed by atoms with Crippen molar-refractivity contribution in [2.45, 2.75) is 44.6 Å². The Morgan fingerprint density at radius 1 is 1.35 bits per heavy atom. The van der Waals surface area contributed by atoms with Crippen LogP contribution in [0.15, 0.2) is 28.7 Å². The molecule has 1 aromatic carbocycles. The molecule has 3 nitrogen and oxygen atoms in total. The maximum absolute atomic E-state index is 12.1. The van der Waals surface area contributed by atoms with E-state index in [0.29, 0.717) is 6.54 Å². The molecule has 1 fully saturated rings. The Balaban J connectivity index is 1.91. The van der Waals surface area contributed by atoms with Crippen molar-refractivity contribution in [2.24, 2.45) is 0 Å². The summed E-state index contributed by atoms with van der Waals surface area (Å²) in [7, 11) is 0. The van der Waals surface area contributed by atoms with Crippen molar-refractivity contribution in [3.63, 3.8) is 0 Å². The summed E-state index contributed by atoms with van der Waals surface area (Å²) in [5, 5.41) is 6.38. The van der Waals surface area contributed by atoms with Crippen molar-refractivity contribution in [2.75, 3.05) is 13.1 Å². The van der Waals surface area contributed by atoms with Crippen LogP contribution in [-0.4, -0.2) is 25.0 Å². The van der Waals surface area contributed by atoms with E-state index in [-0.39, 0.29) is 17.4 Å². The molecule has 1 heterocycles. The first kappa shape index (κ1) is 15.5. The van der Waals surface area contributed by atoms with Crippen LogP contribution in [0, 0.1) is 0 Å². The minimum absolute atomic E-state index is 0.00975. The summed E-state index contributed by atoms with van der Waals surface area (Å²) in [6.07, 6.45) is 3.26. The van der Waals surface area contributed by atoms with Gasteiger partial charge in [0, 0.05) is 16.4 Å². The third kappa shape index (κ3) is 4.06. The van der Waals surface area contributed by atoms with Crippen molar-refractivity contribution in [1.82, 2.24) is 10.6 Å². The molecule has 0 aliphatic carbocycles. The number of benzene rings is 1. The number of amides is 1. The number of piperidine rings is 1. The maximum atomic E-state index is 12.1. The van der Waals surface area contributed by atoms with Crippen molar-refractivity contribution in [1.29, 1.82) is 0 Å². The fraction of sp³-hybridized carbons (Fsp3) is 0.562. The first-order valence-corrected chi connectivity index (χ1v) is 8.05. The fourth-order valence-electron chi connectivity index (χ4n) is 2.51. The minimum atomic E-state index is -0.0645. The highest BCUT2D eigenvalue weighted by Gasteiger charge is 2.25. The van der Waals surface area contributed by atoms with E-state index < -0.39 is 0 Å². The van der Waals surface area contributed by atoms with Gasteiger partial charge in [-0.2, -0.15) is 0 Å². The molecule has 1 aliphatic heterocycles. The number of carbonyl (C=O) groups is 1. The van der Waals surface area contributed by atoms with Gasteiger partial charge in [0.15, 0.2) is 0 Å². The summed E-state index contributed by atoms with van der Waals surface area (Å²) in [5.74, 6) is 0.134. The molecular formula is C16H23BrN2O. The van der Waals surface area contributed by atoms with Gasteiger partial charge in [-0.15, -0.1) is 0 Å². The molecule has 0 bridgehead atoms. The van der Waals surface area contributed by atoms with Crippen molar-refractivity contribution >= 4 is 21.8 Å². The minimum Gasteiger partial charge on any atom is -0.354 e. The summed E-state index contributed by atoms with van der Waals surface area (Å²) >= 11 is 3.45. The van der Waals surface area contributed by atoms with E-state index in [2.05, 4.69) is 52.5 Å². The number of halogens is 1. The zero-order valence-electron chi connectivity index (χ0n) is 12.2. The van der Waals surface area contributed by atoms with Gasteiger partial charge in [0.2, 0.25) is 5.91 Å². The van der Waals surface area contributed by atoms with E-state index >= 15 is 0 Å². The summed E-state index contributed by atoms with van der Waals surface area (Å²) in [5.41, 5.74) is 1.17. The van der Waals surface area contributed by atoms with Gasteiger partial charge in [-0.25, -0.2) is 0 Å². The van der Waals surface area contributed by atoms with E-state index in [1.165, 1.54) is 12.0 Å². The largest absolute Gasteiger partial charge is 0.354 e. The lowest BCUT2D eigenvalue weighted by molar-refractivity contribution is -0.123. The highest BCUT2D eigenvalue weighted by Crippen LogP contribution is 2.24. The molecule has 2 N–H and O–H groups in total. The van der Waals surface area contributed by atoms with E-state index in [4.69, 9.17) is 0 Å². The lowest BCUT2D eigenvalue weighted by atomic mass is 9.84. The van der Waals surface area contributed by atoms with Crippen LogP contribution in [0.25, 0.3) is 0 Å². The first-order valence-electron chi connectivity index (χ1n) is 7.26. The Hall–Kier alpha value is -0.870. The predicted molar refractivity (Wildman–Crippen MR) is 85.8 cm³/mol. The van der Waals surface area contributed by atoms with Gasteiger partial charge in [-0.1, -0.05) is 48.3 Å². The molecule has 1 saturated heterocycles. The molecule has 1 aliphatic rings. The molecule has 1 aromatic rings. The van der Waals surface area contributed by atoms with Gasteiger partial charge in [0.25, 0.3) is 0 Å². The molecule has 1 atom stereocenters. The summed E-state index contributed by atoms with van der Waals surface area (Å²) in [6.45, 7) is 5.93. The molecule has 2 rings (SSSR count). The SMILES string of the molecule is CC(C)(CNC(=O)C1CCCCN1)c1ccc(Br)cc1. The monoisotopic (exact) mass is 338 g/mol. The van der Waals surface area contributed by atoms with Crippen LogP contribution in [-0.2, 0) is 10.2 Å². The predicted octanol–water partition coefficient (Wildman–Crippen LogP) is 2.99. The quantitative estimate of drug-likeness (QED) is 0.886. The van der Waals surface area contributed by atoms with Crippen LogP contribution in [0.3, 0.4) is 0 Å². The number of hydrogen-bond acceptors (Lipinski definition) is 2. The van der Waals surface area contributed by atoms with Crippen LogP contribution in [0.5, 0.6) is 0 Å². The van der Waals surface area contributed by atoms with Crippen molar-refractivity contribution < 1.29 is 4.79 Å². The van der Waals surface area contributed by atoms with Gasteiger partial charge in [-0.05, 0) is 37.1 Å². The molecule has 1 unspecified atom stereocenters. The van der Waals surface area contributed by atoms with E-state index in [1.807, 2.05) is 12.1 Å². The van der Waals surface area contributed by atoms with Gasteiger partial charge in [-0.3, -0.25) is 4.79 Å². The third-order valence-electron chi connectivity index (χ3n) is 3.96. The fourth-order valence-corrected chi connectivity index (χ4v) is 2.77. The van der Waals surface area contributed by atoms with Gasteiger partial charge in [0.1, 0.15) is 0 Å². The van der Waals surface area contributed by atoms with Crippen LogP contribution >= 0.6 is 15.9 Å². The van der Waals surface area contributed by atoms with Crippen LogP contribution in [0.4, 0.5) is 0 Å². The Bertz CT molecular complexity index is 450. The zero-order chi connectivity index (χ0) is 14.6. The van der Waals surface area contributed by atoms with Crippen molar-refractivity contribution in [3.8, 4) is 0 Å². The first-order chi connectivity index (χ1) is 9.49. The topological polar surface area (TPSA) is 41.1 Å². The normalized spacial score (nSPS) is 19.6. The molecular weight excluding hydrogens is 316 g/mol. The van der Waals surface area contributed by atoms with E-state index in [9.17, 15) is 4.79 Å². The Morgan fingerprint density at radius 3 is 2.65 bits per heavy atom. The number of carbonyl (C=O) groups excluding carboxylic acids is 1. The molecule has 0 spiro atoms. The third-order valence-corrected chi connectivity index (χ3v) is 4.49.